The van der Waals surface area contributed by atoms with Gasteiger partial charge in [0.15, 0.2) is 0 Å². The number of hydrogen-bond acceptors (Lipinski definition) is 7. The van der Waals surface area contributed by atoms with E-state index in [0.29, 0.717) is 30.3 Å². The number of nitrogens with zero attached hydrogens (tertiary/aromatic N) is 2. The number of allylic oxidation sites excluding steroid dienone is 1. The van der Waals surface area contributed by atoms with Gasteiger partial charge in [0.2, 0.25) is 5.91 Å². The van der Waals surface area contributed by atoms with Gasteiger partial charge in [-0.3, -0.25) is 20.4 Å². The number of amides is 3. The highest BCUT2D eigenvalue weighted by molar-refractivity contribution is 7.17. The third kappa shape index (κ3) is 4.96. The fourth-order valence-corrected chi connectivity index (χ4v) is 6.41. The first-order valence-corrected chi connectivity index (χ1v) is 12.5. The van der Waals surface area contributed by atoms with Crippen molar-refractivity contribution in [1.82, 2.24) is 20.7 Å². The van der Waals surface area contributed by atoms with E-state index >= 15 is 0 Å². The summed E-state index contributed by atoms with van der Waals surface area (Å²) in [5, 5.41) is 0.801. The Hall–Kier alpha value is -2.72. The number of hydrazine groups is 1. The molecule has 2 aliphatic rings. The van der Waals surface area contributed by atoms with Gasteiger partial charge >= 0.3 is 6.09 Å². The van der Waals surface area contributed by atoms with E-state index in [9.17, 15) is 14.4 Å². The van der Waals surface area contributed by atoms with Gasteiger partial charge in [-0.15, -0.1) is 22.7 Å². The van der Waals surface area contributed by atoms with Crippen LogP contribution in [0.3, 0.4) is 0 Å². The Morgan fingerprint density at radius 3 is 2.64 bits per heavy atom. The molecule has 2 aromatic rings. The van der Waals surface area contributed by atoms with Crippen molar-refractivity contribution < 1.29 is 19.1 Å². The lowest BCUT2D eigenvalue weighted by Crippen LogP contribution is -2.40. The number of carbonyl (C=O) groups is 3. The number of thiophene rings is 1. The molecule has 0 bridgehead atoms. The van der Waals surface area contributed by atoms with Gasteiger partial charge in [-0.05, 0) is 51.2 Å². The normalized spacial score (nSPS) is 17.2. The molecule has 8 nitrogen and oxygen atoms in total. The molecule has 176 valence electrons. The average Bonchev–Trinajstić information content (AvgIpc) is 3.32. The zero-order valence-corrected chi connectivity index (χ0v) is 21.0. The first-order valence-electron chi connectivity index (χ1n) is 10.9. The Kier molecular flexibility index (Phi) is 6.32. The maximum atomic E-state index is 13.0. The summed E-state index contributed by atoms with van der Waals surface area (Å²) in [5.74, 6) is -0.365. The number of thiazole rings is 1. The summed E-state index contributed by atoms with van der Waals surface area (Å²) in [7, 11) is 0. The molecule has 3 heterocycles. The first kappa shape index (κ1) is 23.4. The zero-order chi connectivity index (χ0) is 23.9. The largest absolute Gasteiger partial charge is 0.444 e. The Morgan fingerprint density at radius 1 is 1.21 bits per heavy atom. The summed E-state index contributed by atoms with van der Waals surface area (Å²) in [6.07, 6.45) is 5.37. The molecule has 0 aromatic carbocycles. The quantitative estimate of drug-likeness (QED) is 0.608. The van der Waals surface area contributed by atoms with Gasteiger partial charge in [-0.2, -0.15) is 0 Å². The van der Waals surface area contributed by atoms with E-state index in [2.05, 4.69) is 23.9 Å². The van der Waals surface area contributed by atoms with Crippen molar-refractivity contribution in [1.29, 1.82) is 0 Å². The average molecular weight is 489 g/mol. The Labute approximate surface area is 201 Å². The van der Waals surface area contributed by atoms with Crippen molar-refractivity contribution in [3.63, 3.8) is 0 Å². The van der Waals surface area contributed by atoms with Crippen LogP contribution >= 0.6 is 22.7 Å². The number of ether oxygens (including phenoxy) is 1. The first-order chi connectivity index (χ1) is 15.5. The molecule has 1 unspecified atom stereocenters. The minimum absolute atomic E-state index is 0.356. The van der Waals surface area contributed by atoms with Crippen molar-refractivity contribution >= 4 is 46.7 Å². The number of aromatic nitrogens is 1. The van der Waals surface area contributed by atoms with Gasteiger partial charge in [-0.25, -0.2) is 9.78 Å². The molecule has 2 aromatic heterocycles. The smallest absolute Gasteiger partial charge is 0.410 e. The minimum Gasteiger partial charge on any atom is -0.444 e. The van der Waals surface area contributed by atoms with Crippen LogP contribution in [-0.2, 0) is 22.5 Å². The predicted octanol–water partition coefficient (Wildman–Crippen LogP) is 4.47. The van der Waals surface area contributed by atoms with Crippen molar-refractivity contribution in [2.45, 2.75) is 65.5 Å². The number of fused-ring (bicyclic) bond motifs is 2. The highest BCUT2D eigenvalue weighted by Gasteiger charge is 2.33. The predicted molar refractivity (Wildman–Crippen MR) is 129 cm³/mol. The minimum atomic E-state index is -0.578. The number of carbonyl (C=O) groups excluding carboxylic acids is 3. The lowest BCUT2D eigenvalue weighted by Gasteiger charge is -2.30. The second-order valence-electron chi connectivity index (χ2n) is 9.30. The van der Waals surface area contributed by atoms with Gasteiger partial charge in [-0.1, -0.05) is 13.0 Å². The second-order valence-corrected chi connectivity index (χ2v) is 11.4. The van der Waals surface area contributed by atoms with Crippen molar-refractivity contribution in [3.05, 3.63) is 32.0 Å². The molecule has 33 heavy (non-hydrogen) atoms. The van der Waals surface area contributed by atoms with E-state index in [1.54, 1.807) is 16.2 Å². The lowest BCUT2D eigenvalue weighted by molar-refractivity contribution is -0.119. The summed E-state index contributed by atoms with van der Waals surface area (Å²) >= 11 is 2.95. The Morgan fingerprint density at radius 2 is 1.97 bits per heavy atom. The summed E-state index contributed by atoms with van der Waals surface area (Å²) in [5.41, 5.74) is 7.07. The van der Waals surface area contributed by atoms with Crippen molar-refractivity contribution in [3.8, 4) is 10.6 Å². The zero-order valence-electron chi connectivity index (χ0n) is 19.4. The number of nitrogens with one attached hydrogen (secondary N) is 2. The maximum absolute atomic E-state index is 13.0. The van der Waals surface area contributed by atoms with Crippen molar-refractivity contribution in [2.24, 2.45) is 0 Å². The van der Waals surface area contributed by atoms with Gasteiger partial charge in [0.05, 0.1) is 12.2 Å². The standard InChI is InChI=1S/C23H28N4O4S2/c1-12-7-6-8-15-18(12)33-21(24-15)17-14-9-10-27(22(30)31-23(3,4)5)11-16(14)32-19(17)20(29)26-25-13(2)28/h6,8,12H,7,9-11H2,1-5H3,(H,25,28)(H,26,29). The molecule has 1 aliphatic carbocycles. The molecule has 0 saturated heterocycles. The summed E-state index contributed by atoms with van der Waals surface area (Å²) < 4.78 is 5.54. The molecule has 0 fully saturated rings. The lowest BCUT2D eigenvalue weighted by atomic mass is 9.99. The molecule has 0 radical (unpaired) electrons. The molecule has 1 atom stereocenters. The van der Waals surface area contributed by atoms with E-state index in [1.165, 1.54) is 23.1 Å². The fraction of sp³-hybridized carbons (Fsp3) is 0.478. The molecule has 2 N–H and O–H groups in total. The highest BCUT2D eigenvalue weighted by Crippen LogP contribution is 2.44. The van der Waals surface area contributed by atoms with Crippen LogP contribution in [-0.4, -0.2) is 39.9 Å². The second kappa shape index (κ2) is 8.90. The molecule has 0 saturated carbocycles. The van der Waals surface area contributed by atoms with Crippen LogP contribution in [0.15, 0.2) is 6.08 Å². The summed E-state index contributed by atoms with van der Waals surface area (Å²) in [6, 6.07) is 0. The molecule has 0 spiro atoms. The molecule has 10 heteroatoms. The van der Waals surface area contributed by atoms with E-state index in [1.807, 2.05) is 26.8 Å². The van der Waals surface area contributed by atoms with Gasteiger partial charge in [0.1, 0.15) is 15.5 Å². The van der Waals surface area contributed by atoms with Crippen LogP contribution in [0.1, 0.15) is 77.6 Å². The van der Waals surface area contributed by atoms with Crippen LogP contribution in [0.25, 0.3) is 16.6 Å². The van der Waals surface area contributed by atoms with Crippen LogP contribution < -0.4 is 10.9 Å². The highest BCUT2D eigenvalue weighted by atomic mass is 32.1. The van der Waals surface area contributed by atoms with Crippen LogP contribution in [0.4, 0.5) is 4.79 Å². The third-order valence-corrected chi connectivity index (χ3v) is 7.91. The fourth-order valence-electron chi connectivity index (χ4n) is 3.89. The van der Waals surface area contributed by atoms with Gasteiger partial charge < -0.3 is 9.64 Å². The molecule has 1 aliphatic heterocycles. The van der Waals surface area contributed by atoms with Crippen molar-refractivity contribution in [2.75, 3.05) is 6.54 Å². The molecule has 3 amide bonds. The van der Waals surface area contributed by atoms with E-state index in [4.69, 9.17) is 9.72 Å². The van der Waals surface area contributed by atoms with Crippen LogP contribution in [0, 0.1) is 0 Å². The number of rotatable bonds is 2. The Bertz CT molecular complexity index is 1140. The SMILES string of the molecule is CC(=O)NNC(=O)c1sc2c(c1-c1nc3c(s1)C(C)CC=C3)CCN(C(=O)OC(C)(C)C)C2. The number of hydrogen-bond donors (Lipinski definition) is 2. The monoisotopic (exact) mass is 488 g/mol. The molecular formula is C23H28N4O4S2. The van der Waals surface area contributed by atoms with Crippen LogP contribution in [0.5, 0.6) is 0 Å². The van der Waals surface area contributed by atoms with Gasteiger partial charge in [0.25, 0.3) is 5.91 Å². The third-order valence-electron chi connectivity index (χ3n) is 5.37. The van der Waals surface area contributed by atoms with Crippen LogP contribution in [0.2, 0.25) is 0 Å². The summed E-state index contributed by atoms with van der Waals surface area (Å²) in [6.45, 7) is 9.91. The Balaban J connectivity index is 1.72. The van der Waals surface area contributed by atoms with Gasteiger partial charge in [0, 0.05) is 28.8 Å². The van der Waals surface area contributed by atoms with E-state index < -0.39 is 5.60 Å². The van der Waals surface area contributed by atoms with E-state index in [-0.39, 0.29) is 17.9 Å². The topological polar surface area (TPSA) is 101 Å². The molecule has 4 rings (SSSR count). The molecular weight excluding hydrogens is 460 g/mol. The van der Waals surface area contributed by atoms with E-state index in [0.717, 1.165) is 33.1 Å². The maximum Gasteiger partial charge on any atom is 0.410 e. The summed E-state index contributed by atoms with van der Waals surface area (Å²) in [4.78, 5) is 46.1.